The zero-order valence-electron chi connectivity index (χ0n) is 12.3. The van der Waals surface area contributed by atoms with Crippen LogP contribution in [0.15, 0.2) is 17.5 Å². The maximum absolute atomic E-state index is 12.1. The number of carbonyl (C=O) groups excluding carboxylic acids is 1. The summed E-state index contributed by atoms with van der Waals surface area (Å²) in [6.07, 6.45) is 0.926. The van der Waals surface area contributed by atoms with E-state index in [0.29, 0.717) is 16.3 Å². The minimum atomic E-state index is -0.109. The first kappa shape index (κ1) is 15.7. The van der Waals surface area contributed by atoms with E-state index in [1.165, 1.54) is 21.1 Å². The molecule has 0 unspecified atom stereocenters. The Kier molecular flexibility index (Phi) is 5.08. The van der Waals surface area contributed by atoms with E-state index in [4.69, 9.17) is 10.5 Å². The number of hydrogen-bond acceptors (Lipinski definition) is 6. The van der Waals surface area contributed by atoms with Crippen molar-refractivity contribution >= 4 is 39.3 Å². The van der Waals surface area contributed by atoms with Gasteiger partial charge in [-0.15, -0.1) is 22.7 Å². The van der Waals surface area contributed by atoms with Crippen molar-refractivity contribution in [2.45, 2.75) is 6.42 Å². The van der Waals surface area contributed by atoms with Gasteiger partial charge in [0.25, 0.3) is 5.91 Å². The third-order valence-corrected chi connectivity index (χ3v) is 5.01. The number of anilines is 2. The fourth-order valence-electron chi connectivity index (χ4n) is 1.86. The quantitative estimate of drug-likeness (QED) is 0.857. The molecule has 0 saturated carbocycles. The van der Waals surface area contributed by atoms with Gasteiger partial charge < -0.3 is 20.7 Å². The normalized spacial score (nSPS) is 10.4. The van der Waals surface area contributed by atoms with Crippen LogP contribution in [-0.4, -0.2) is 38.6 Å². The first-order valence-corrected chi connectivity index (χ1v) is 8.18. The molecule has 114 valence electrons. The molecule has 0 aliphatic rings. The summed E-state index contributed by atoms with van der Waals surface area (Å²) >= 11 is 3.07. The number of ether oxygens (including phenoxy) is 1. The molecule has 3 N–H and O–H groups in total. The molecule has 0 radical (unpaired) electrons. The Balaban J connectivity index is 2.11. The fourth-order valence-corrected chi connectivity index (χ4v) is 3.71. The Morgan fingerprint density at radius 1 is 1.48 bits per heavy atom. The summed E-state index contributed by atoms with van der Waals surface area (Å²) in [7, 11) is 4.97. The molecule has 0 saturated heterocycles. The highest BCUT2D eigenvalue weighted by Gasteiger charge is 2.22. The van der Waals surface area contributed by atoms with E-state index >= 15 is 0 Å². The molecule has 0 aromatic carbocycles. The lowest BCUT2D eigenvalue weighted by molar-refractivity contribution is 0.0833. The van der Waals surface area contributed by atoms with Crippen LogP contribution < -0.4 is 15.8 Å². The van der Waals surface area contributed by atoms with E-state index < -0.39 is 0 Å². The molecule has 21 heavy (non-hydrogen) atoms. The molecule has 5 nitrogen and oxygen atoms in total. The number of thiophene rings is 2. The summed E-state index contributed by atoms with van der Waals surface area (Å²) in [5.41, 5.74) is 6.42. The number of nitrogens with two attached hydrogens (primary N) is 1. The predicted octanol–water partition coefficient (Wildman–Crippen LogP) is 2.76. The van der Waals surface area contributed by atoms with E-state index in [9.17, 15) is 4.79 Å². The van der Waals surface area contributed by atoms with Crippen molar-refractivity contribution in [1.82, 2.24) is 4.90 Å². The third-order valence-electron chi connectivity index (χ3n) is 2.94. The Hall–Kier alpha value is -1.73. The SMILES string of the molecule is COc1c(NCCc2cccs2)sc(C(=O)N(C)C)c1N. The van der Waals surface area contributed by atoms with Crippen LogP contribution in [0.4, 0.5) is 10.7 Å². The number of nitrogens with zero attached hydrogens (tertiary/aromatic N) is 1. The molecule has 2 heterocycles. The highest BCUT2D eigenvalue weighted by Crippen LogP contribution is 2.42. The first-order valence-electron chi connectivity index (χ1n) is 6.48. The van der Waals surface area contributed by atoms with Crippen LogP contribution in [-0.2, 0) is 6.42 Å². The third kappa shape index (κ3) is 3.48. The topological polar surface area (TPSA) is 67.6 Å². The highest BCUT2D eigenvalue weighted by molar-refractivity contribution is 7.19. The van der Waals surface area contributed by atoms with E-state index in [0.717, 1.165) is 18.0 Å². The Bertz CT molecular complexity index is 606. The number of nitrogen functional groups attached to an aromatic ring is 1. The molecule has 1 amide bonds. The van der Waals surface area contributed by atoms with Crippen molar-refractivity contribution in [3.8, 4) is 5.75 Å². The molecule has 2 aromatic heterocycles. The van der Waals surface area contributed by atoms with Crippen LogP contribution >= 0.6 is 22.7 Å². The summed E-state index contributed by atoms with van der Waals surface area (Å²) in [5, 5.41) is 6.17. The fraction of sp³-hybridized carbons (Fsp3) is 0.357. The van der Waals surface area contributed by atoms with E-state index in [1.54, 1.807) is 32.5 Å². The Labute approximate surface area is 132 Å². The lowest BCUT2D eigenvalue weighted by Crippen LogP contribution is -2.21. The van der Waals surface area contributed by atoms with Gasteiger partial charge in [-0.25, -0.2) is 0 Å². The molecular weight excluding hydrogens is 306 g/mol. The predicted molar refractivity (Wildman–Crippen MR) is 89.8 cm³/mol. The second-order valence-electron chi connectivity index (χ2n) is 4.66. The zero-order chi connectivity index (χ0) is 15.4. The van der Waals surface area contributed by atoms with Crippen molar-refractivity contribution in [1.29, 1.82) is 0 Å². The molecule has 0 bridgehead atoms. The maximum atomic E-state index is 12.1. The largest absolute Gasteiger partial charge is 0.492 e. The monoisotopic (exact) mass is 325 g/mol. The van der Waals surface area contributed by atoms with Crippen LogP contribution in [0.5, 0.6) is 5.75 Å². The Morgan fingerprint density at radius 2 is 2.24 bits per heavy atom. The Morgan fingerprint density at radius 3 is 2.81 bits per heavy atom. The van der Waals surface area contributed by atoms with Gasteiger partial charge in [-0.05, 0) is 17.9 Å². The van der Waals surface area contributed by atoms with E-state index in [1.807, 2.05) is 6.07 Å². The zero-order valence-corrected chi connectivity index (χ0v) is 13.9. The summed E-state index contributed by atoms with van der Waals surface area (Å²) in [6.45, 7) is 0.770. The van der Waals surface area contributed by atoms with Crippen molar-refractivity contribution in [3.05, 3.63) is 27.3 Å². The minimum Gasteiger partial charge on any atom is -0.492 e. The van der Waals surface area contributed by atoms with E-state index in [2.05, 4.69) is 16.8 Å². The first-order chi connectivity index (χ1) is 10.0. The average Bonchev–Trinajstić information content (AvgIpc) is 3.06. The van der Waals surface area contributed by atoms with Gasteiger partial charge in [-0.1, -0.05) is 6.07 Å². The van der Waals surface area contributed by atoms with Crippen molar-refractivity contribution in [3.63, 3.8) is 0 Å². The summed E-state index contributed by atoms with van der Waals surface area (Å²) in [4.78, 5) is 15.4. The molecule has 2 aromatic rings. The van der Waals surface area contributed by atoms with Crippen molar-refractivity contribution in [2.24, 2.45) is 0 Å². The van der Waals surface area contributed by atoms with Crippen LogP contribution in [0.1, 0.15) is 14.5 Å². The molecule has 2 rings (SSSR count). The molecule has 0 atom stereocenters. The van der Waals surface area contributed by atoms with Gasteiger partial charge in [0.2, 0.25) is 0 Å². The van der Waals surface area contributed by atoms with Crippen LogP contribution in [0.2, 0.25) is 0 Å². The van der Waals surface area contributed by atoms with Gasteiger partial charge in [0, 0.05) is 25.5 Å². The molecular formula is C14H19N3O2S2. The molecule has 0 spiro atoms. The van der Waals surface area contributed by atoms with Gasteiger partial charge >= 0.3 is 0 Å². The standard InChI is InChI=1S/C14H19N3O2S2/c1-17(2)14(18)12-10(15)11(19-3)13(21-12)16-7-6-9-5-4-8-20-9/h4-5,8,16H,6-7,15H2,1-3H3. The molecule has 0 aliphatic heterocycles. The van der Waals surface area contributed by atoms with Crippen molar-refractivity contribution in [2.75, 3.05) is 38.8 Å². The van der Waals surface area contributed by atoms with Gasteiger partial charge in [-0.2, -0.15) is 0 Å². The molecule has 0 aliphatic carbocycles. The second-order valence-corrected chi connectivity index (χ2v) is 6.72. The van der Waals surface area contributed by atoms with Crippen LogP contribution in [0.25, 0.3) is 0 Å². The number of nitrogens with one attached hydrogen (secondary N) is 1. The molecule has 7 heteroatoms. The number of amides is 1. The van der Waals surface area contributed by atoms with E-state index in [-0.39, 0.29) is 5.91 Å². The number of rotatable bonds is 6. The average molecular weight is 325 g/mol. The van der Waals surface area contributed by atoms with Crippen molar-refractivity contribution < 1.29 is 9.53 Å². The summed E-state index contributed by atoms with van der Waals surface area (Å²) in [6, 6.07) is 4.14. The second kappa shape index (κ2) is 6.82. The smallest absolute Gasteiger partial charge is 0.265 e. The van der Waals surface area contributed by atoms with Gasteiger partial charge in [0.15, 0.2) is 5.75 Å². The number of carbonyl (C=O) groups is 1. The number of methoxy groups -OCH3 is 1. The number of hydrogen-bond donors (Lipinski definition) is 2. The van der Waals surface area contributed by atoms with Gasteiger partial charge in [-0.3, -0.25) is 4.79 Å². The summed E-state index contributed by atoms with van der Waals surface area (Å²) in [5.74, 6) is 0.443. The minimum absolute atomic E-state index is 0.109. The highest BCUT2D eigenvalue weighted by atomic mass is 32.1. The lowest BCUT2D eigenvalue weighted by atomic mass is 10.3. The lowest BCUT2D eigenvalue weighted by Gasteiger charge is -2.08. The maximum Gasteiger partial charge on any atom is 0.265 e. The van der Waals surface area contributed by atoms with Crippen LogP contribution in [0, 0.1) is 0 Å². The summed E-state index contributed by atoms with van der Waals surface area (Å²) < 4.78 is 5.33. The van der Waals surface area contributed by atoms with Gasteiger partial charge in [0.1, 0.15) is 15.6 Å². The van der Waals surface area contributed by atoms with Crippen LogP contribution in [0.3, 0.4) is 0 Å². The molecule has 0 fully saturated rings. The van der Waals surface area contributed by atoms with Gasteiger partial charge in [0.05, 0.1) is 7.11 Å².